The largest absolute Gasteiger partial charge is 0.341 e. The number of hydroxylamine groups is 1. The Kier molecular flexibility index (Phi) is 6.75. The van der Waals surface area contributed by atoms with Crippen LogP contribution in [0, 0.1) is 5.82 Å². The number of H-pyrrole nitrogens is 1. The highest BCUT2D eigenvalue weighted by atomic mass is 19.1. The van der Waals surface area contributed by atoms with E-state index in [1.807, 2.05) is 42.5 Å². The Morgan fingerprint density at radius 1 is 1.18 bits per heavy atom. The number of carbonyl (C=O) groups excluding carboxylic acids is 1. The Morgan fingerprint density at radius 3 is 2.79 bits per heavy atom. The number of aromatic nitrogens is 2. The molecule has 0 atom stereocenters. The second kappa shape index (κ2) is 9.66. The highest BCUT2D eigenvalue weighted by molar-refractivity contribution is 5.72. The quantitative estimate of drug-likeness (QED) is 0.580. The monoisotopic (exact) mass is 382 g/mol. The number of hydrogen-bond acceptors (Lipinski definition) is 3. The van der Waals surface area contributed by atoms with Crippen LogP contribution in [0.5, 0.6) is 0 Å². The van der Waals surface area contributed by atoms with Crippen molar-refractivity contribution in [3.8, 4) is 11.3 Å². The Labute approximate surface area is 163 Å². The third kappa shape index (κ3) is 5.65. The van der Waals surface area contributed by atoms with E-state index in [1.54, 1.807) is 18.0 Å². The lowest BCUT2D eigenvalue weighted by Gasteiger charge is -2.17. The van der Waals surface area contributed by atoms with Crippen LogP contribution in [-0.2, 0) is 17.9 Å². The first-order chi connectivity index (χ1) is 13.6. The Hall–Kier alpha value is -3.19. The van der Waals surface area contributed by atoms with Crippen molar-refractivity contribution in [3.05, 3.63) is 77.7 Å². The Bertz CT molecular complexity index is 898. The van der Waals surface area contributed by atoms with Crippen molar-refractivity contribution in [1.29, 1.82) is 0 Å². The van der Waals surface area contributed by atoms with Gasteiger partial charge in [0.05, 0.1) is 12.3 Å². The average molecular weight is 382 g/mol. The van der Waals surface area contributed by atoms with E-state index in [-0.39, 0.29) is 11.8 Å². The van der Waals surface area contributed by atoms with Crippen molar-refractivity contribution in [1.82, 2.24) is 20.6 Å². The summed E-state index contributed by atoms with van der Waals surface area (Å²) in [6, 6.07) is 17.6. The van der Waals surface area contributed by atoms with E-state index < -0.39 is 0 Å². The predicted octanol–water partition coefficient (Wildman–Crippen LogP) is 3.92. The highest BCUT2D eigenvalue weighted by Gasteiger charge is 2.09. The fourth-order valence-corrected chi connectivity index (χ4v) is 2.73. The van der Waals surface area contributed by atoms with Crippen molar-refractivity contribution < 1.29 is 14.0 Å². The first-order valence-corrected chi connectivity index (χ1v) is 9.09. The number of benzene rings is 2. The standard InChI is InChI=1S/C21H23FN4O2/c1-26(21(27)25-28-15-16-7-3-2-4-8-16)12-6-11-19-14-20(24-23-19)17-9-5-10-18(22)13-17/h2-5,7-10,13-14H,6,11-12,15H2,1H3,(H,23,24)(H,25,27). The van der Waals surface area contributed by atoms with Crippen molar-refractivity contribution >= 4 is 6.03 Å². The first-order valence-electron chi connectivity index (χ1n) is 9.09. The van der Waals surface area contributed by atoms with Crippen LogP contribution in [0.25, 0.3) is 11.3 Å². The molecule has 0 spiro atoms. The lowest BCUT2D eigenvalue weighted by atomic mass is 10.1. The molecule has 0 fully saturated rings. The van der Waals surface area contributed by atoms with Crippen LogP contribution in [0.2, 0.25) is 0 Å². The molecule has 0 aliphatic carbocycles. The zero-order valence-electron chi connectivity index (χ0n) is 15.7. The fourth-order valence-electron chi connectivity index (χ4n) is 2.73. The van der Waals surface area contributed by atoms with E-state index in [1.165, 1.54) is 12.1 Å². The summed E-state index contributed by atoms with van der Waals surface area (Å²) in [5, 5.41) is 7.19. The maximum atomic E-state index is 13.3. The normalized spacial score (nSPS) is 10.6. The summed E-state index contributed by atoms with van der Waals surface area (Å²) in [6.45, 7) is 0.881. The lowest BCUT2D eigenvalue weighted by molar-refractivity contribution is 0.0388. The van der Waals surface area contributed by atoms with Crippen LogP contribution < -0.4 is 5.48 Å². The summed E-state index contributed by atoms with van der Waals surface area (Å²) < 4.78 is 13.3. The molecule has 146 valence electrons. The summed E-state index contributed by atoms with van der Waals surface area (Å²) in [5.41, 5.74) is 5.80. The van der Waals surface area contributed by atoms with Gasteiger partial charge in [0.15, 0.2) is 0 Å². The molecule has 2 amide bonds. The van der Waals surface area contributed by atoms with Crippen LogP contribution in [-0.4, -0.2) is 34.7 Å². The molecular formula is C21H23FN4O2. The van der Waals surface area contributed by atoms with E-state index in [0.717, 1.165) is 29.7 Å². The van der Waals surface area contributed by atoms with Crippen molar-refractivity contribution in [2.24, 2.45) is 0 Å². The Morgan fingerprint density at radius 2 is 2.00 bits per heavy atom. The molecule has 2 N–H and O–H groups in total. The molecule has 0 aliphatic rings. The van der Waals surface area contributed by atoms with Crippen LogP contribution in [0.3, 0.4) is 0 Å². The van der Waals surface area contributed by atoms with Crippen molar-refractivity contribution in [3.63, 3.8) is 0 Å². The average Bonchev–Trinajstić information content (AvgIpc) is 3.17. The molecule has 1 heterocycles. The summed E-state index contributed by atoms with van der Waals surface area (Å²) >= 11 is 0. The number of nitrogens with one attached hydrogen (secondary N) is 2. The molecule has 0 unspecified atom stereocenters. The van der Waals surface area contributed by atoms with E-state index in [4.69, 9.17) is 4.84 Å². The van der Waals surface area contributed by atoms with Gasteiger partial charge in [-0.1, -0.05) is 42.5 Å². The first kappa shape index (κ1) is 19.6. The molecule has 0 radical (unpaired) electrons. The van der Waals surface area contributed by atoms with E-state index in [0.29, 0.717) is 18.8 Å². The Balaban J connectivity index is 1.39. The number of rotatable bonds is 8. The van der Waals surface area contributed by atoms with Gasteiger partial charge < -0.3 is 4.90 Å². The maximum absolute atomic E-state index is 13.3. The summed E-state index contributed by atoms with van der Waals surface area (Å²) in [4.78, 5) is 18.8. The predicted molar refractivity (Wildman–Crippen MR) is 105 cm³/mol. The van der Waals surface area contributed by atoms with E-state index in [9.17, 15) is 9.18 Å². The van der Waals surface area contributed by atoms with Gasteiger partial charge in [-0.3, -0.25) is 9.94 Å². The second-order valence-corrected chi connectivity index (χ2v) is 6.50. The third-order valence-corrected chi connectivity index (χ3v) is 4.28. The lowest BCUT2D eigenvalue weighted by Crippen LogP contribution is -2.37. The van der Waals surface area contributed by atoms with Crippen LogP contribution in [0.4, 0.5) is 9.18 Å². The van der Waals surface area contributed by atoms with Gasteiger partial charge in [0.25, 0.3) is 0 Å². The van der Waals surface area contributed by atoms with E-state index in [2.05, 4.69) is 15.7 Å². The van der Waals surface area contributed by atoms with Gasteiger partial charge >= 0.3 is 6.03 Å². The van der Waals surface area contributed by atoms with Gasteiger partial charge in [0.2, 0.25) is 0 Å². The summed E-state index contributed by atoms with van der Waals surface area (Å²) in [5.74, 6) is -0.288. The minimum Gasteiger partial charge on any atom is -0.326 e. The molecule has 0 saturated heterocycles. The smallest absolute Gasteiger partial charge is 0.326 e. The molecule has 1 aromatic heterocycles. The molecule has 2 aromatic carbocycles. The molecule has 0 saturated carbocycles. The summed E-state index contributed by atoms with van der Waals surface area (Å²) in [7, 11) is 1.71. The molecule has 28 heavy (non-hydrogen) atoms. The number of amides is 2. The minimum atomic E-state index is -0.291. The highest BCUT2D eigenvalue weighted by Crippen LogP contribution is 2.19. The van der Waals surface area contributed by atoms with Gasteiger partial charge in [-0.05, 0) is 36.6 Å². The molecule has 0 bridgehead atoms. The zero-order valence-corrected chi connectivity index (χ0v) is 15.7. The third-order valence-electron chi connectivity index (χ3n) is 4.28. The van der Waals surface area contributed by atoms with Gasteiger partial charge in [0.1, 0.15) is 5.82 Å². The second-order valence-electron chi connectivity index (χ2n) is 6.50. The molecule has 3 aromatic rings. The molecule has 3 rings (SSSR count). The van der Waals surface area contributed by atoms with Gasteiger partial charge in [-0.25, -0.2) is 14.7 Å². The van der Waals surface area contributed by atoms with Gasteiger partial charge in [0, 0.05) is 24.8 Å². The zero-order chi connectivity index (χ0) is 19.8. The van der Waals surface area contributed by atoms with Crippen LogP contribution >= 0.6 is 0 Å². The van der Waals surface area contributed by atoms with Gasteiger partial charge in [-0.15, -0.1) is 0 Å². The number of nitrogens with zero attached hydrogens (tertiary/aromatic N) is 2. The number of hydrogen-bond donors (Lipinski definition) is 2. The molecule has 7 heteroatoms. The molecule has 6 nitrogen and oxygen atoms in total. The van der Waals surface area contributed by atoms with Crippen molar-refractivity contribution in [2.45, 2.75) is 19.4 Å². The SMILES string of the molecule is CN(CCCc1cc(-c2cccc(F)c2)n[nH]1)C(=O)NOCc1ccccc1. The topological polar surface area (TPSA) is 70.2 Å². The number of aromatic amines is 1. The van der Waals surface area contributed by atoms with E-state index >= 15 is 0 Å². The molecular weight excluding hydrogens is 359 g/mol. The fraction of sp³-hybridized carbons (Fsp3) is 0.238. The van der Waals surface area contributed by atoms with Crippen LogP contribution in [0.1, 0.15) is 17.7 Å². The number of urea groups is 1. The summed E-state index contributed by atoms with van der Waals surface area (Å²) in [6.07, 6.45) is 1.48. The maximum Gasteiger partial charge on any atom is 0.341 e. The number of aryl methyl sites for hydroxylation is 1. The number of carbonyl (C=O) groups is 1. The minimum absolute atomic E-state index is 0.288. The van der Waals surface area contributed by atoms with Crippen molar-refractivity contribution in [2.75, 3.05) is 13.6 Å². The molecule has 0 aliphatic heterocycles. The van der Waals surface area contributed by atoms with Gasteiger partial charge in [-0.2, -0.15) is 5.10 Å². The number of halogens is 1. The van der Waals surface area contributed by atoms with Crippen LogP contribution in [0.15, 0.2) is 60.7 Å².